The van der Waals surface area contributed by atoms with Crippen LogP contribution in [0.4, 0.5) is 0 Å². The fourth-order valence-electron chi connectivity index (χ4n) is 4.94. The van der Waals surface area contributed by atoms with Crippen LogP contribution in [0.15, 0.2) is 30.3 Å². The molecular formula is C25H33N3O3. The second kappa shape index (κ2) is 8.95. The van der Waals surface area contributed by atoms with Crippen molar-refractivity contribution in [2.24, 2.45) is 0 Å². The van der Waals surface area contributed by atoms with Crippen LogP contribution in [0, 0.1) is 0 Å². The molecule has 0 bridgehead atoms. The van der Waals surface area contributed by atoms with Gasteiger partial charge < -0.3 is 15.3 Å². The van der Waals surface area contributed by atoms with Crippen molar-refractivity contribution in [3.8, 4) is 0 Å². The number of carbonyl (C=O) groups is 2. The highest BCUT2D eigenvalue weighted by atomic mass is 16.3. The number of aliphatic hydroxyl groups is 1. The van der Waals surface area contributed by atoms with Crippen LogP contribution in [-0.4, -0.2) is 51.5 Å². The number of amides is 2. The number of nitrogens with zero attached hydrogens (tertiary/aromatic N) is 2. The maximum absolute atomic E-state index is 12.9. The predicted octanol–water partition coefficient (Wildman–Crippen LogP) is 3.77. The third kappa shape index (κ3) is 4.90. The first kappa shape index (κ1) is 21.8. The average Bonchev–Trinajstić information content (AvgIpc) is 3.23. The van der Waals surface area contributed by atoms with E-state index in [1.165, 1.54) is 0 Å². The highest BCUT2D eigenvalue weighted by Gasteiger charge is 2.36. The van der Waals surface area contributed by atoms with Gasteiger partial charge >= 0.3 is 0 Å². The lowest BCUT2D eigenvalue weighted by molar-refractivity contribution is -0.136. The molecule has 0 spiro atoms. The smallest absolute Gasteiger partial charge is 0.252 e. The maximum Gasteiger partial charge on any atom is 0.252 e. The van der Waals surface area contributed by atoms with Crippen molar-refractivity contribution in [3.05, 3.63) is 41.6 Å². The molecule has 2 N–H and O–H groups in total. The van der Waals surface area contributed by atoms with Gasteiger partial charge in [0.15, 0.2) is 0 Å². The van der Waals surface area contributed by atoms with Gasteiger partial charge in [-0.15, -0.1) is 0 Å². The third-order valence-electron chi connectivity index (χ3n) is 6.62. The molecule has 2 heterocycles. The Morgan fingerprint density at radius 1 is 1.23 bits per heavy atom. The number of rotatable bonds is 5. The van der Waals surface area contributed by atoms with E-state index in [0.717, 1.165) is 55.1 Å². The number of pyridine rings is 1. The lowest BCUT2D eigenvalue weighted by atomic mass is 9.82. The van der Waals surface area contributed by atoms with E-state index in [1.54, 1.807) is 0 Å². The number of nitrogens with one attached hydrogen (secondary N) is 1. The molecule has 1 aromatic heterocycles. The largest absolute Gasteiger partial charge is 0.389 e. The Morgan fingerprint density at radius 3 is 2.71 bits per heavy atom. The number of aromatic nitrogens is 1. The first-order valence-corrected chi connectivity index (χ1v) is 11.6. The highest BCUT2D eigenvalue weighted by molar-refractivity contribution is 6.06. The Morgan fingerprint density at radius 2 is 1.97 bits per heavy atom. The van der Waals surface area contributed by atoms with Crippen LogP contribution in [0.1, 0.15) is 80.8 Å². The summed E-state index contributed by atoms with van der Waals surface area (Å²) in [7, 11) is 0. The number of para-hydroxylation sites is 1. The molecule has 2 aromatic rings. The van der Waals surface area contributed by atoms with Crippen molar-refractivity contribution < 1.29 is 14.7 Å². The molecule has 1 saturated carbocycles. The molecule has 1 atom stereocenters. The number of fused-ring (bicyclic) bond motifs is 1. The highest BCUT2D eigenvalue weighted by Crippen LogP contribution is 2.34. The van der Waals surface area contributed by atoms with E-state index < -0.39 is 5.60 Å². The molecule has 1 aliphatic heterocycles. The first-order chi connectivity index (χ1) is 14.8. The fourth-order valence-corrected chi connectivity index (χ4v) is 4.94. The van der Waals surface area contributed by atoms with Crippen LogP contribution in [0.5, 0.6) is 0 Å². The molecule has 0 unspecified atom stereocenters. The van der Waals surface area contributed by atoms with Gasteiger partial charge in [-0.3, -0.25) is 14.6 Å². The second-order valence-corrected chi connectivity index (χ2v) is 9.53. The summed E-state index contributed by atoms with van der Waals surface area (Å²) in [5, 5.41) is 14.6. The van der Waals surface area contributed by atoms with Crippen LogP contribution in [0.2, 0.25) is 0 Å². The lowest BCUT2D eigenvalue weighted by Crippen LogP contribution is -2.39. The van der Waals surface area contributed by atoms with E-state index in [4.69, 9.17) is 4.98 Å². The van der Waals surface area contributed by atoms with E-state index in [9.17, 15) is 14.7 Å². The van der Waals surface area contributed by atoms with Gasteiger partial charge in [-0.2, -0.15) is 0 Å². The molecule has 2 aliphatic rings. The number of hydrogen-bond donors (Lipinski definition) is 2. The minimum Gasteiger partial charge on any atom is -0.389 e. The zero-order valence-corrected chi connectivity index (χ0v) is 18.6. The summed E-state index contributed by atoms with van der Waals surface area (Å²) in [5.41, 5.74) is 1.46. The number of benzene rings is 1. The van der Waals surface area contributed by atoms with Gasteiger partial charge in [0, 0.05) is 36.1 Å². The molecule has 4 rings (SSSR count). The Hall–Kier alpha value is -2.47. The zero-order chi connectivity index (χ0) is 22.0. The van der Waals surface area contributed by atoms with Crippen LogP contribution >= 0.6 is 0 Å². The normalized spacial score (nSPS) is 20.9. The summed E-state index contributed by atoms with van der Waals surface area (Å²) < 4.78 is 0. The standard InChI is InChI=1S/C25H33N3O3/c1-17(2)26-24(30)20-14-22(27-21-9-5-4-8-19(20)21)18-10-13-28(16-18)23(29)15-25(31)11-6-3-7-12-25/h4-5,8-9,14,17-18,31H,3,6-7,10-13,15-16H2,1-2H3,(H,26,30)/t18-/m1/s1. The third-order valence-corrected chi connectivity index (χ3v) is 6.62. The van der Waals surface area contributed by atoms with Crippen LogP contribution < -0.4 is 5.32 Å². The van der Waals surface area contributed by atoms with Crippen molar-refractivity contribution in [1.29, 1.82) is 0 Å². The van der Waals surface area contributed by atoms with Crippen LogP contribution in [0.25, 0.3) is 10.9 Å². The first-order valence-electron chi connectivity index (χ1n) is 11.6. The van der Waals surface area contributed by atoms with E-state index in [1.807, 2.05) is 49.1 Å². The molecule has 31 heavy (non-hydrogen) atoms. The number of carbonyl (C=O) groups excluding carboxylic acids is 2. The average molecular weight is 424 g/mol. The van der Waals surface area contributed by atoms with Gasteiger partial charge in [-0.1, -0.05) is 37.5 Å². The molecule has 2 fully saturated rings. The molecule has 6 nitrogen and oxygen atoms in total. The van der Waals surface area contributed by atoms with E-state index in [2.05, 4.69) is 5.32 Å². The SMILES string of the molecule is CC(C)NC(=O)c1cc([C@@H]2CCN(C(=O)CC3(O)CCCCC3)C2)nc2ccccc12. The monoisotopic (exact) mass is 423 g/mol. The van der Waals surface area contributed by atoms with Crippen LogP contribution in [-0.2, 0) is 4.79 Å². The van der Waals surface area contributed by atoms with Gasteiger partial charge in [0.1, 0.15) is 0 Å². The van der Waals surface area contributed by atoms with Gasteiger partial charge in [0.25, 0.3) is 5.91 Å². The van der Waals surface area contributed by atoms with Crippen molar-refractivity contribution in [1.82, 2.24) is 15.2 Å². The van der Waals surface area contributed by atoms with Crippen molar-refractivity contribution in [3.63, 3.8) is 0 Å². The van der Waals surface area contributed by atoms with E-state index >= 15 is 0 Å². The minimum absolute atomic E-state index is 0.0328. The van der Waals surface area contributed by atoms with Crippen molar-refractivity contribution >= 4 is 22.7 Å². The molecular weight excluding hydrogens is 390 g/mol. The zero-order valence-electron chi connectivity index (χ0n) is 18.6. The molecule has 166 valence electrons. The molecule has 1 aliphatic carbocycles. The number of hydrogen-bond acceptors (Lipinski definition) is 4. The summed E-state index contributed by atoms with van der Waals surface area (Å²) in [5.74, 6) is 0.0333. The van der Waals surface area contributed by atoms with Crippen molar-refractivity contribution in [2.75, 3.05) is 13.1 Å². The maximum atomic E-state index is 12.9. The Labute approximate surface area is 184 Å². The number of likely N-dealkylation sites (tertiary alicyclic amines) is 1. The molecule has 6 heteroatoms. The topological polar surface area (TPSA) is 82.5 Å². The summed E-state index contributed by atoms with van der Waals surface area (Å²) in [4.78, 5) is 32.4. The van der Waals surface area contributed by atoms with Gasteiger partial charge in [-0.25, -0.2) is 0 Å². The second-order valence-electron chi connectivity index (χ2n) is 9.53. The Bertz CT molecular complexity index is 966. The summed E-state index contributed by atoms with van der Waals surface area (Å²) in [6.07, 6.45) is 5.60. The predicted molar refractivity (Wildman–Crippen MR) is 121 cm³/mol. The Kier molecular flexibility index (Phi) is 6.28. The summed E-state index contributed by atoms with van der Waals surface area (Å²) in [6, 6.07) is 9.65. The Balaban J connectivity index is 1.52. The van der Waals surface area contributed by atoms with Crippen LogP contribution in [0.3, 0.4) is 0 Å². The lowest BCUT2D eigenvalue weighted by Gasteiger charge is -2.32. The van der Waals surface area contributed by atoms with Gasteiger partial charge in [0.2, 0.25) is 5.91 Å². The van der Waals surface area contributed by atoms with Gasteiger partial charge in [0.05, 0.1) is 23.1 Å². The van der Waals surface area contributed by atoms with Crippen molar-refractivity contribution in [2.45, 2.75) is 76.4 Å². The van der Waals surface area contributed by atoms with Gasteiger partial charge in [-0.05, 0) is 45.2 Å². The summed E-state index contributed by atoms with van der Waals surface area (Å²) in [6.45, 7) is 5.15. The quantitative estimate of drug-likeness (QED) is 0.767. The minimum atomic E-state index is -0.837. The van der Waals surface area contributed by atoms with E-state index in [0.29, 0.717) is 18.7 Å². The molecule has 1 saturated heterocycles. The summed E-state index contributed by atoms with van der Waals surface area (Å²) >= 11 is 0. The fraction of sp³-hybridized carbons (Fsp3) is 0.560. The molecule has 1 aromatic carbocycles. The molecule has 0 radical (unpaired) electrons. The van der Waals surface area contributed by atoms with E-state index in [-0.39, 0.29) is 30.2 Å². The molecule has 2 amide bonds.